The van der Waals surface area contributed by atoms with Crippen LogP contribution in [0.5, 0.6) is 0 Å². The topological polar surface area (TPSA) is 58.5 Å². The lowest BCUT2D eigenvalue weighted by molar-refractivity contribution is -0.0265. The van der Waals surface area contributed by atoms with E-state index in [4.69, 9.17) is 4.74 Å². The van der Waals surface area contributed by atoms with Crippen molar-refractivity contribution in [2.24, 2.45) is 10.9 Å². The van der Waals surface area contributed by atoms with Gasteiger partial charge in [0.1, 0.15) is 5.01 Å². The van der Waals surface area contributed by atoms with Crippen LogP contribution in [-0.2, 0) is 17.7 Å². The van der Waals surface area contributed by atoms with E-state index in [0.717, 1.165) is 43.4 Å². The molecule has 2 heterocycles. The van der Waals surface area contributed by atoms with Gasteiger partial charge in [0.2, 0.25) is 0 Å². The quantitative estimate of drug-likeness (QED) is 0.340. The van der Waals surface area contributed by atoms with Gasteiger partial charge in [-0.05, 0) is 31.7 Å². The number of benzene rings is 1. The number of nitrogens with zero attached hydrogens (tertiary/aromatic N) is 2. The number of aryl methyl sites for hydroxylation is 2. The summed E-state index contributed by atoms with van der Waals surface area (Å²) in [5, 5.41) is 7.94. The minimum atomic E-state index is 0. The fourth-order valence-electron chi connectivity index (χ4n) is 3.38. The van der Waals surface area contributed by atoms with Crippen LogP contribution in [0, 0.1) is 12.8 Å². The minimum absolute atomic E-state index is 0. The Bertz CT molecular complexity index is 747. The highest BCUT2D eigenvalue weighted by molar-refractivity contribution is 14.0. The van der Waals surface area contributed by atoms with Crippen LogP contribution in [0.4, 0.5) is 0 Å². The number of aromatic nitrogens is 1. The maximum atomic E-state index is 6.12. The molecule has 0 saturated carbocycles. The van der Waals surface area contributed by atoms with Gasteiger partial charge in [-0.25, -0.2) is 4.98 Å². The summed E-state index contributed by atoms with van der Waals surface area (Å²) in [7, 11) is 1.81. The molecule has 2 aromatic rings. The molecule has 7 heteroatoms. The third kappa shape index (κ3) is 6.42. The summed E-state index contributed by atoms with van der Waals surface area (Å²) in [6.07, 6.45) is 5.42. The normalized spacial score (nSPS) is 19.8. The molecular weight excluding hydrogens is 483 g/mol. The van der Waals surface area contributed by atoms with Crippen molar-refractivity contribution in [3.8, 4) is 0 Å². The number of nitrogens with one attached hydrogen (secondary N) is 2. The van der Waals surface area contributed by atoms with Crippen molar-refractivity contribution < 1.29 is 4.74 Å². The molecule has 2 N–H and O–H groups in total. The van der Waals surface area contributed by atoms with Crippen molar-refractivity contribution in [1.82, 2.24) is 15.6 Å². The summed E-state index contributed by atoms with van der Waals surface area (Å²) < 4.78 is 6.12. The molecule has 0 bridgehead atoms. The third-order valence-electron chi connectivity index (χ3n) is 4.96. The maximum Gasteiger partial charge on any atom is 0.191 e. The van der Waals surface area contributed by atoms with Crippen LogP contribution < -0.4 is 10.6 Å². The number of thiazole rings is 1. The van der Waals surface area contributed by atoms with Gasteiger partial charge in [0.05, 0.1) is 12.6 Å². The number of halogens is 1. The summed E-state index contributed by atoms with van der Waals surface area (Å²) in [4.78, 5) is 10.1. The van der Waals surface area contributed by atoms with Gasteiger partial charge in [0.25, 0.3) is 0 Å². The van der Waals surface area contributed by atoms with Crippen LogP contribution in [0.25, 0.3) is 0 Å². The smallest absolute Gasteiger partial charge is 0.191 e. The first-order chi connectivity index (χ1) is 13.2. The Morgan fingerprint density at radius 2 is 2.07 bits per heavy atom. The molecule has 1 saturated heterocycles. The van der Waals surface area contributed by atoms with E-state index in [-0.39, 0.29) is 30.1 Å². The molecule has 2 unspecified atom stereocenters. The molecule has 28 heavy (non-hydrogen) atoms. The van der Waals surface area contributed by atoms with E-state index >= 15 is 0 Å². The van der Waals surface area contributed by atoms with Crippen LogP contribution in [-0.4, -0.2) is 31.1 Å². The Morgan fingerprint density at radius 1 is 1.29 bits per heavy atom. The van der Waals surface area contributed by atoms with Gasteiger partial charge in [-0.15, -0.1) is 35.3 Å². The molecule has 0 amide bonds. The van der Waals surface area contributed by atoms with Crippen LogP contribution in [0.3, 0.4) is 0 Å². The molecule has 1 aromatic carbocycles. The molecule has 1 aliphatic heterocycles. The highest BCUT2D eigenvalue weighted by atomic mass is 127. The molecule has 0 aliphatic carbocycles. The highest BCUT2D eigenvalue weighted by Gasteiger charge is 2.27. The summed E-state index contributed by atoms with van der Waals surface area (Å²) in [5.74, 6) is 1.25. The molecule has 0 radical (unpaired) electrons. The first-order valence-corrected chi connectivity index (χ1v) is 10.6. The summed E-state index contributed by atoms with van der Waals surface area (Å²) >= 11 is 1.75. The maximum absolute atomic E-state index is 6.12. The fourth-order valence-corrected chi connectivity index (χ4v) is 4.18. The van der Waals surface area contributed by atoms with E-state index in [0.29, 0.717) is 12.5 Å². The Labute approximate surface area is 189 Å². The summed E-state index contributed by atoms with van der Waals surface area (Å²) in [5.41, 5.74) is 2.55. The second-order valence-electron chi connectivity index (χ2n) is 6.98. The van der Waals surface area contributed by atoms with Crippen molar-refractivity contribution in [1.29, 1.82) is 0 Å². The van der Waals surface area contributed by atoms with E-state index in [1.54, 1.807) is 11.3 Å². The van der Waals surface area contributed by atoms with Gasteiger partial charge in [0.15, 0.2) is 5.96 Å². The van der Waals surface area contributed by atoms with Gasteiger partial charge in [-0.2, -0.15) is 0 Å². The predicted octanol–water partition coefficient (Wildman–Crippen LogP) is 4.46. The van der Waals surface area contributed by atoms with Gasteiger partial charge in [-0.3, -0.25) is 4.99 Å². The molecule has 154 valence electrons. The monoisotopic (exact) mass is 514 g/mol. The lowest BCUT2D eigenvalue weighted by Gasteiger charge is -2.32. The van der Waals surface area contributed by atoms with Gasteiger partial charge in [-0.1, -0.05) is 36.8 Å². The van der Waals surface area contributed by atoms with Crippen molar-refractivity contribution in [3.05, 3.63) is 51.5 Å². The highest BCUT2D eigenvalue weighted by Crippen LogP contribution is 2.33. The van der Waals surface area contributed by atoms with Gasteiger partial charge >= 0.3 is 0 Å². The second kappa shape index (κ2) is 11.7. The SMILES string of the molecule is CCc1cnc(CNC(=NC)NCC2CCCOC2c2ccc(C)cc2)s1.I. The van der Waals surface area contributed by atoms with Gasteiger partial charge in [0, 0.05) is 37.2 Å². The lowest BCUT2D eigenvalue weighted by atomic mass is 9.89. The number of hydrogen-bond acceptors (Lipinski definition) is 4. The van der Waals surface area contributed by atoms with E-state index in [1.165, 1.54) is 16.0 Å². The molecule has 3 rings (SSSR count). The number of ether oxygens (including phenoxy) is 1. The van der Waals surface area contributed by atoms with Crippen LogP contribution in [0.15, 0.2) is 35.5 Å². The molecule has 0 spiro atoms. The van der Waals surface area contributed by atoms with E-state index < -0.39 is 0 Å². The molecular formula is C21H31IN4OS. The first kappa shape index (κ1) is 23.1. The standard InChI is InChI=1S/C21H30N4OS.HI/c1-4-18-13-23-19(27-18)14-25-21(22-3)24-12-17-6-5-11-26-20(17)16-9-7-15(2)8-10-16;/h7-10,13,17,20H,4-6,11-12,14H2,1-3H3,(H2,22,24,25);1H. The zero-order valence-corrected chi connectivity index (χ0v) is 20.1. The molecule has 1 fully saturated rings. The third-order valence-corrected chi connectivity index (χ3v) is 6.10. The van der Waals surface area contributed by atoms with Crippen molar-refractivity contribution in [2.75, 3.05) is 20.2 Å². The van der Waals surface area contributed by atoms with Crippen molar-refractivity contribution in [3.63, 3.8) is 0 Å². The fraction of sp³-hybridized carbons (Fsp3) is 0.524. The Kier molecular flexibility index (Phi) is 9.67. The lowest BCUT2D eigenvalue weighted by Crippen LogP contribution is -2.41. The van der Waals surface area contributed by atoms with Crippen molar-refractivity contribution in [2.45, 2.75) is 45.8 Å². The van der Waals surface area contributed by atoms with Gasteiger partial charge < -0.3 is 15.4 Å². The number of hydrogen-bond donors (Lipinski definition) is 2. The first-order valence-electron chi connectivity index (χ1n) is 9.76. The second-order valence-corrected chi connectivity index (χ2v) is 8.18. The minimum Gasteiger partial charge on any atom is -0.373 e. The van der Waals surface area contributed by atoms with E-state index in [2.05, 4.69) is 58.7 Å². The van der Waals surface area contributed by atoms with E-state index in [1.807, 2.05) is 13.2 Å². The van der Waals surface area contributed by atoms with Crippen LogP contribution in [0.2, 0.25) is 0 Å². The molecule has 5 nitrogen and oxygen atoms in total. The van der Waals surface area contributed by atoms with Crippen LogP contribution in [0.1, 0.15) is 46.9 Å². The summed E-state index contributed by atoms with van der Waals surface area (Å²) in [6, 6.07) is 8.71. The molecule has 1 aromatic heterocycles. The van der Waals surface area contributed by atoms with Crippen molar-refractivity contribution >= 4 is 41.3 Å². The summed E-state index contributed by atoms with van der Waals surface area (Å²) in [6.45, 7) is 6.66. The zero-order valence-electron chi connectivity index (χ0n) is 16.9. The predicted molar refractivity (Wildman–Crippen MR) is 128 cm³/mol. The Balaban J connectivity index is 0.00000280. The van der Waals surface area contributed by atoms with E-state index in [9.17, 15) is 0 Å². The zero-order chi connectivity index (χ0) is 19.1. The Morgan fingerprint density at radius 3 is 2.75 bits per heavy atom. The molecule has 1 aliphatic rings. The number of aliphatic imine (C=N–C) groups is 1. The molecule has 2 atom stereocenters. The average Bonchev–Trinajstić information content (AvgIpc) is 3.17. The van der Waals surface area contributed by atoms with Crippen LogP contribution >= 0.6 is 35.3 Å². The Hall–Kier alpha value is -1.19. The number of guanidine groups is 1. The largest absolute Gasteiger partial charge is 0.373 e. The average molecular weight is 514 g/mol. The number of rotatable bonds is 6.